The molecule has 0 aromatic heterocycles. The van der Waals surface area contributed by atoms with E-state index in [0.29, 0.717) is 0 Å². The Morgan fingerprint density at radius 3 is 2.46 bits per heavy atom. The zero-order chi connectivity index (χ0) is 21.3. The standard InChI is InChI=1S/C19H30O9/c1-10(27-17-16(25)15(24)14(23)13(9-21)28-17)4-5-19(26)11(8-20)6-12(22)7-18(19,2)3/h4-6,10,13-17,20-21,23-26H,7-9H2,1-3H3/b5-4+/t10-,13?,14?,15?,16?,17?,19+/m0/s1. The third-order valence-corrected chi connectivity index (χ3v) is 5.45. The van der Waals surface area contributed by atoms with Crippen molar-refractivity contribution in [3.05, 3.63) is 23.8 Å². The smallest absolute Gasteiger partial charge is 0.187 e. The van der Waals surface area contributed by atoms with Gasteiger partial charge in [-0.25, -0.2) is 0 Å². The van der Waals surface area contributed by atoms with Crippen LogP contribution in [0.5, 0.6) is 0 Å². The number of ether oxygens (including phenoxy) is 2. The molecule has 9 heteroatoms. The van der Waals surface area contributed by atoms with Gasteiger partial charge in [0.05, 0.1) is 19.3 Å². The lowest BCUT2D eigenvalue weighted by molar-refractivity contribution is -0.306. The second-order valence-electron chi connectivity index (χ2n) is 8.02. The summed E-state index contributed by atoms with van der Waals surface area (Å²) in [6, 6.07) is 0. The van der Waals surface area contributed by atoms with E-state index in [0.717, 1.165) is 0 Å². The van der Waals surface area contributed by atoms with Gasteiger partial charge in [0.25, 0.3) is 0 Å². The van der Waals surface area contributed by atoms with Crippen LogP contribution in [-0.4, -0.2) is 92.0 Å². The van der Waals surface area contributed by atoms with Crippen LogP contribution < -0.4 is 0 Å². The lowest BCUT2D eigenvalue weighted by Crippen LogP contribution is -2.59. The second kappa shape index (κ2) is 8.68. The average Bonchev–Trinajstić information content (AvgIpc) is 2.63. The number of aliphatic hydroxyl groups is 6. The van der Waals surface area contributed by atoms with Crippen molar-refractivity contribution in [1.29, 1.82) is 0 Å². The van der Waals surface area contributed by atoms with Gasteiger partial charge in [-0.15, -0.1) is 0 Å². The lowest BCUT2D eigenvalue weighted by atomic mass is 9.64. The molecule has 0 radical (unpaired) electrons. The first-order valence-corrected chi connectivity index (χ1v) is 9.19. The molecule has 28 heavy (non-hydrogen) atoms. The number of allylic oxidation sites excluding steroid dienone is 1. The summed E-state index contributed by atoms with van der Waals surface area (Å²) in [4.78, 5) is 11.8. The predicted molar refractivity (Wildman–Crippen MR) is 97.0 cm³/mol. The summed E-state index contributed by atoms with van der Waals surface area (Å²) in [5.41, 5.74) is -2.27. The van der Waals surface area contributed by atoms with Crippen molar-refractivity contribution in [1.82, 2.24) is 0 Å². The average molecular weight is 402 g/mol. The van der Waals surface area contributed by atoms with Crippen LogP contribution in [0.1, 0.15) is 27.2 Å². The Morgan fingerprint density at radius 1 is 1.25 bits per heavy atom. The van der Waals surface area contributed by atoms with Crippen molar-refractivity contribution in [3.8, 4) is 0 Å². The van der Waals surface area contributed by atoms with Crippen LogP contribution in [0.15, 0.2) is 23.8 Å². The molecule has 1 aliphatic carbocycles. The molecule has 0 bridgehead atoms. The highest BCUT2D eigenvalue weighted by molar-refractivity contribution is 5.93. The monoisotopic (exact) mass is 402 g/mol. The molecular weight excluding hydrogens is 372 g/mol. The Morgan fingerprint density at radius 2 is 1.89 bits per heavy atom. The number of carbonyl (C=O) groups excluding carboxylic acids is 1. The molecule has 1 fully saturated rings. The van der Waals surface area contributed by atoms with Crippen molar-refractivity contribution in [3.63, 3.8) is 0 Å². The van der Waals surface area contributed by atoms with Gasteiger partial charge in [0, 0.05) is 11.8 Å². The van der Waals surface area contributed by atoms with Gasteiger partial charge >= 0.3 is 0 Å². The van der Waals surface area contributed by atoms with E-state index in [4.69, 9.17) is 9.47 Å². The topological polar surface area (TPSA) is 157 Å². The van der Waals surface area contributed by atoms with Crippen LogP contribution >= 0.6 is 0 Å². The fourth-order valence-electron chi connectivity index (χ4n) is 3.57. The van der Waals surface area contributed by atoms with Crippen LogP contribution in [-0.2, 0) is 14.3 Å². The third kappa shape index (κ3) is 4.37. The Hall–Kier alpha value is -1.17. The molecule has 0 amide bonds. The molecule has 1 saturated heterocycles. The van der Waals surface area contributed by atoms with Crippen LogP contribution in [0.25, 0.3) is 0 Å². The molecule has 0 spiro atoms. The van der Waals surface area contributed by atoms with Crippen molar-refractivity contribution < 1.29 is 44.9 Å². The molecule has 1 aliphatic heterocycles. The van der Waals surface area contributed by atoms with Crippen molar-refractivity contribution in [2.24, 2.45) is 5.41 Å². The molecule has 2 aliphatic rings. The lowest BCUT2D eigenvalue weighted by Gasteiger charge is -2.44. The number of hydrogen-bond acceptors (Lipinski definition) is 9. The summed E-state index contributed by atoms with van der Waals surface area (Å²) in [5, 5.41) is 59.6. The maximum absolute atomic E-state index is 11.8. The zero-order valence-electron chi connectivity index (χ0n) is 16.2. The first kappa shape index (κ1) is 23.1. The number of carbonyl (C=O) groups is 1. The van der Waals surface area contributed by atoms with E-state index in [-0.39, 0.29) is 17.8 Å². The molecule has 1 heterocycles. The van der Waals surface area contributed by atoms with E-state index in [1.807, 2.05) is 0 Å². The minimum atomic E-state index is -1.58. The van der Waals surface area contributed by atoms with Crippen molar-refractivity contribution in [2.45, 2.75) is 69.6 Å². The Kier molecular flexibility index (Phi) is 7.17. The Balaban J connectivity index is 2.15. The highest BCUT2D eigenvalue weighted by Gasteiger charge is 2.48. The van der Waals surface area contributed by atoms with Crippen LogP contribution in [0.4, 0.5) is 0 Å². The van der Waals surface area contributed by atoms with E-state index in [9.17, 15) is 35.4 Å². The predicted octanol–water partition coefficient (Wildman–Crippen LogP) is -1.60. The van der Waals surface area contributed by atoms with E-state index < -0.39 is 61.0 Å². The van der Waals surface area contributed by atoms with Gasteiger partial charge in [0.2, 0.25) is 0 Å². The molecule has 9 nitrogen and oxygen atoms in total. The summed E-state index contributed by atoms with van der Waals surface area (Å²) in [7, 11) is 0. The molecular formula is C19H30O9. The molecule has 7 atom stereocenters. The zero-order valence-corrected chi connectivity index (χ0v) is 16.2. The van der Waals surface area contributed by atoms with E-state index in [1.165, 1.54) is 18.2 Å². The first-order valence-electron chi connectivity index (χ1n) is 9.19. The van der Waals surface area contributed by atoms with Gasteiger partial charge < -0.3 is 40.1 Å². The number of rotatable bonds is 6. The number of ketones is 1. The second-order valence-corrected chi connectivity index (χ2v) is 8.02. The van der Waals surface area contributed by atoms with Gasteiger partial charge in [0.1, 0.15) is 30.0 Å². The summed E-state index contributed by atoms with van der Waals surface area (Å²) in [6.07, 6.45) is -3.43. The fourth-order valence-corrected chi connectivity index (χ4v) is 3.57. The maximum atomic E-state index is 11.8. The quantitative estimate of drug-likeness (QED) is 0.288. The van der Waals surface area contributed by atoms with Gasteiger partial charge in [-0.05, 0) is 24.6 Å². The van der Waals surface area contributed by atoms with Crippen LogP contribution in [0, 0.1) is 5.41 Å². The number of hydrogen-bond donors (Lipinski definition) is 6. The van der Waals surface area contributed by atoms with E-state index in [2.05, 4.69) is 0 Å². The molecule has 0 aromatic rings. The highest BCUT2D eigenvalue weighted by atomic mass is 16.7. The maximum Gasteiger partial charge on any atom is 0.187 e. The number of aliphatic hydroxyl groups excluding tert-OH is 5. The highest BCUT2D eigenvalue weighted by Crippen LogP contribution is 2.44. The van der Waals surface area contributed by atoms with Gasteiger partial charge in [-0.3, -0.25) is 4.79 Å². The molecule has 0 aromatic carbocycles. The summed E-state index contributed by atoms with van der Waals surface area (Å²) in [5.74, 6) is -0.183. The SMILES string of the molecule is C[C@@H](/C=C/[C@@]1(O)C(CO)=CC(=O)CC1(C)C)OC1OC(CO)C(O)C(O)C1O. The Labute approximate surface area is 163 Å². The molecule has 5 unspecified atom stereocenters. The minimum Gasteiger partial charge on any atom is -0.394 e. The largest absolute Gasteiger partial charge is 0.394 e. The minimum absolute atomic E-state index is 0.0965. The van der Waals surface area contributed by atoms with Gasteiger partial charge in [0.15, 0.2) is 12.1 Å². The van der Waals surface area contributed by atoms with Crippen molar-refractivity contribution >= 4 is 5.78 Å². The molecule has 2 rings (SSSR count). The molecule has 160 valence electrons. The molecule has 0 saturated carbocycles. The van der Waals surface area contributed by atoms with Crippen LogP contribution in [0.3, 0.4) is 0 Å². The summed E-state index contributed by atoms with van der Waals surface area (Å²) < 4.78 is 10.8. The summed E-state index contributed by atoms with van der Waals surface area (Å²) in [6.45, 7) is 3.96. The van der Waals surface area contributed by atoms with Gasteiger partial charge in [-0.2, -0.15) is 0 Å². The normalized spacial score (nSPS) is 39.8. The third-order valence-electron chi connectivity index (χ3n) is 5.45. The van der Waals surface area contributed by atoms with E-state index in [1.54, 1.807) is 20.8 Å². The van der Waals surface area contributed by atoms with E-state index >= 15 is 0 Å². The Bertz CT molecular complexity index is 627. The fraction of sp³-hybridized carbons (Fsp3) is 0.737. The van der Waals surface area contributed by atoms with Gasteiger partial charge in [-0.1, -0.05) is 19.9 Å². The van der Waals surface area contributed by atoms with Crippen molar-refractivity contribution in [2.75, 3.05) is 13.2 Å². The summed E-state index contributed by atoms with van der Waals surface area (Å²) >= 11 is 0. The first-order chi connectivity index (χ1) is 13.0. The molecule has 6 N–H and O–H groups in total. The van der Waals surface area contributed by atoms with Crippen LogP contribution in [0.2, 0.25) is 0 Å².